The van der Waals surface area contributed by atoms with Crippen molar-refractivity contribution < 1.29 is 14.7 Å². The highest BCUT2D eigenvalue weighted by atomic mass is 16.4. The Hall–Kier alpha value is -1.10. The molecule has 0 aromatic heterocycles. The molecule has 0 bridgehead atoms. The molecule has 0 spiro atoms. The molecule has 2 heterocycles. The second kappa shape index (κ2) is 7.25. The van der Waals surface area contributed by atoms with Crippen molar-refractivity contribution in [1.29, 1.82) is 0 Å². The Labute approximate surface area is 127 Å². The van der Waals surface area contributed by atoms with Gasteiger partial charge in [-0.05, 0) is 39.5 Å². The summed E-state index contributed by atoms with van der Waals surface area (Å²) in [7, 11) is 0. The van der Waals surface area contributed by atoms with Gasteiger partial charge in [0.25, 0.3) is 0 Å². The van der Waals surface area contributed by atoms with E-state index in [0.29, 0.717) is 19.4 Å². The van der Waals surface area contributed by atoms with E-state index >= 15 is 0 Å². The number of aliphatic carboxylic acids is 1. The van der Waals surface area contributed by atoms with E-state index in [9.17, 15) is 9.59 Å². The van der Waals surface area contributed by atoms with Gasteiger partial charge in [0.1, 0.15) is 0 Å². The van der Waals surface area contributed by atoms with Gasteiger partial charge in [0.2, 0.25) is 5.91 Å². The zero-order valence-corrected chi connectivity index (χ0v) is 13.3. The van der Waals surface area contributed by atoms with Crippen LogP contribution in [0, 0.1) is 5.92 Å². The van der Waals surface area contributed by atoms with E-state index in [2.05, 4.69) is 4.90 Å². The quantitative estimate of drug-likeness (QED) is 0.865. The third-order valence-electron chi connectivity index (χ3n) is 5.05. The fourth-order valence-corrected chi connectivity index (χ4v) is 3.69. The van der Waals surface area contributed by atoms with Gasteiger partial charge >= 0.3 is 5.97 Å². The minimum Gasteiger partial charge on any atom is -0.481 e. The molecule has 21 heavy (non-hydrogen) atoms. The third kappa shape index (κ3) is 3.96. The molecule has 5 heteroatoms. The van der Waals surface area contributed by atoms with E-state index < -0.39 is 5.97 Å². The predicted octanol–water partition coefficient (Wildman–Crippen LogP) is 1.96. The summed E-state index contributed by atoms with van der Waals surface area (Å²) in [6.45, 7) is 6.48. The van der Waals surface area contributed by atoms with Crippen molar-refractivity contribution in [3.05, 3.63) is 0 Å². The van der Waals surface area contributed by atoms with Gasteiger partial charge in [-0.15, -0.1) is 0 Å². The molecule has 0 aromatic rings. The van der Waals surface area contributed by atoms with Gasteiger partial charge in [-0.1, -0.05) is 12.8 Å². The first-order valence-corrected chi connectivity index (χ1v) is 8.28. The van der Waals surface area contributed by atoms with Crippen molar-refractivity contribution in [2.24, 2.45) is 5.92 Å². The van der Waals surface area contributed by atoms with Crippen LogP contribution in [0.4, 0.5) is 0 Å². The molecule has 2 aliphatic heterocycles. The molecule has 1 amide bonds. The van der Waals surface area contributed by atoms with Crippen molar-refractivity contribution >= 4 is 11.9 Å². The lowest BCUT2D eigenvalue weighted by Crippen LogP contribution is -2.53. The average Bonchev–Trinajstić information content (AvgIpc) is 2.74. The fourth-order valence-electron chi connectivity index (χ4n) is 3.69. The number of carboxylic acids is 1. The Bertz CT molecular complexity index is 378. The van der Waals surface area contributed by atoms with Crippen molar-refractivity contribution in [3.8, 4) is 0 Å². The number of rotatable bonds is 3. The Balaban J connectivity index is 1.94. The number of nitrogens with zero attached hydrogens (tertiary/aromatic N) is 2. The number of carboxylic acid groups (broad SMARTS) is 1. The van der Waals surface area contributed by atoms with Crippen LogP contribution in [-0.4, -0.2) is 58.5 Å². The van der Waals surface area contributed by atoms with Crippen LogP contribution in [0.5, 0.6) is 0 Å². The number of carbonyl (C=O) groups is 2. The summed E-state index contributed by atoms with van der Waals surface area (Å²) in [5, 5.41) is 9.13. The molecule has 0 radical (unpaired) electrons. The van der Waals surface area contributed by atoms with Gasteiger partial charge in [0.15, 0.2) is 0 Å². The summed E-state index contributed by atoms with van der Waals surface area (Å²) >= 11 is 0. The highest BCUT2D eigenvalue weighted by molar-refractivity contribution is 5.81. The van der Waals surface area contributed by atoms with Crippen molar-refractivity contribution in [2.75, 3.05) is 19.6 Å². The van der Waals surface area contributed by atoms with Gasteiger partial charge in [-0.3, -0.25) is 14.5 Å². The smallest absolute Gasteiger partial charge is 0.306 e. The topological polar surface area (TPSA) is 60.9 Å². The maximum Gasteiger partial charge on any atom is 0.306 e. The van der Waals surface area contributed by atoms with E-state index in [-0.39, 0.29) is 23.9 Å². The summed E-state index contributed by atoms with van der Waals surface area (Å²) in [6, 6.07) is 0.0265. The van der Waals surface area contributed by atoms with E-state index in [1.54, 1.807) is 0 Å². The Morgan fingerprint density at radius 3 is 2.24 bits per heavy atom. The molecule has 120 valence electrons. The molecule has 2 fully saturated rings. The lowest BCUT2D eigenvalue weighted by molar-refractivity contribution is -0.145. The van der Waals surface area contributed by atoms with Crippen LogP contribution in [0.1, 0.15) is 52.4 Å². The van der Waals surface area contributed by atoms with Crippen LogP contribution in [0.3, 0.4) is 0 Å². The Morgan fingerprint density at radius 2 is 1.71 bits per heavy atom. The van der Waals surface area contributed by atoms with Crippen molar-refractivity contribution in [3.63, 3.8) is 0 Å². The summed E-state index contributed by atoms with van der Waals surface area (Å²) < 4.78 is 0. The van der Waals surface area contributed by atoms with E-state index in [0.717, 1.165) is 25.9 Å². The van der Waals surface area contributed by atoms with E-state index in [1.807, 2.05) is 18.7 Å². The van der Waals surface area contributed by atoms with Crippen LogP contribution < -0.4 is 0 Å². The minimum absolute atomic E-state index is 0.132. The van der Waals surface area contributed by atoms with Gasteiger partial charge in [-0.25, -0.2) is 0 Å². The molecule has 2 aliphatic rings. The summed E-state index contributed by atoms with van der Waals surface area (Å²) in [4.78, 5) is 28.0. The molecule has 3 unspecified atom stereocenters. The zero-order valence-electron chi connectivity index (χ0n) is 13.3. The number of piperidine rings is 1. The third-order valence-corrected chi connectivity index (χ3v) is 5.05. The standard InChI is InChI=1S/C16H28N2O3/c1-12-11-14(16(20)21)7-10-18(12)13(2)15(19)17-8-5-3-4-6-9-17/h12-14H,3-11H2,1-2H3,(H,20,21). The number of amides is 1. The first-order chi connectivity index (χ1) is 10.0. The maximum atomic E-state index is 12.7. The lowest BCUT2D eigenvalue weighted by atomic mass is 9.90. The first kappa shape index (κ1) is 16.3. The molecule has 3 atom stereocenters. The Morgan fingerprint density at radius 1 is 1.10 bits per heavy atom. The number of likely N-dealkylation sites (tertiary alicyclic amines) is 2. The highest BCUT2D eigenvalue weighted by Crippen LogP contribution is 2.25. The number of hydrogen-bond acceptors (Lipinski definition) is 3. The van der Waals surface area contributed by atoms with Gasteiger partial charge < -0.3 is 10.0 Å². The summed E-state index contributed by atoms with van der Waals surface area (Å²) in [5.74, 6) is -0.734. The molecular weight excluding hydrogens is 268 g/mol. The molecular formula is C16H28N2O3. The largest absolute Gasteiger partial charge is 0.481 e. The molecule has 1 N–H and O–H groups in total. The van der Waals surface area contributed by atoms with Crippen LogP contribution in [-0.2, 0) is 9.59 Å². The molecule has 2 saturated heterocycles. The van der Waals surface area contributed by atoms with E-state index in [4.69, 9.17) is 5.11 Å². The summed E-state index contributed by atoms with van der Waals surface area (Å²) in [6.07, 6.45) is 5.95. The monoisotopic (exact) mass is 296 g/mol. The molecule has 2 rings (SSSR count). The van der Waals surface area contributed by atoms with Crippen LogP contribution in [0.15, 0.2) is 0 Å². The SMILES string of the molecule is CC1CC(C(=O)O)CCN1C(C)C(=O)N1CCCCCC1. The predicted molar refractivity (Wildman–Crippen MR) is 81.0 cm³/mol. The first-order valence-electron chi connectivity index (χ1n) is 8.28. The lowest BCUT2D eigenvalue weighted by Gasteiger charge is -2.40. The van der Waals surface area contributed by atoms with Gasteiger partial charge in [-0.2, -0.15) is 0 Å². The molecule has 0 aliphatic carbocycles. The Kier molecular flexibility index (Phi) is 5.62. The van der Waals surface area contributed by atoms with Gasteiger partial charge in [0.05, 0.1) is 12.0 Å². The van der Waals surface area contributed by atoms with Crippen LogP contribution >= 0.6 is 0 Å². The number of carbonyl (C=O) groups excluding carboxylic acids is 1. The zero-order chi connectivity index (χ0) is 15.4. The highest BCUT2D eigenvalue weighted by Gasteiger charge is 2.35. The van der Waals surface area contributed by atoms with Crippen molar-refractivity contribution in [1.82, 2.24) is 9.80 Å². The molecule has 0 aromatic carbocycles. The molecule has 0 saturated carbocycles. The maximum absolute atomic E-state index is 12.7. The summed E-state index contributed by atoms with van der Waals surface area (Å²) in [5.41, 5.74) is 0. The van der Waals surface area contributed by atoms with Crippen LogP contribution in [0.25, 0.3) is 0 Å². The molecule has 5 nitrogen and oxygen atoms in total. The van der Waals surface area contributed by atoms with Crippen molar-refractivity contribution in [2.45, 2.75) is 64.5 Å². The van der Waals surface area contributed by atoms with E-state index in [1.165, 1.54) is 12.8 Å². The second-order valence-corrected chi connectivity index (χ2v) is 6.56. The average molecular weight is 296 g/mol. The second-order valence-electron chi connectivity index (χ2n) is 6.56. The normalized spacial score (nSPS) is 29.7. The van der Waals surface area contributed by atoms with Gasteiger partial charge in [0, 0.05) is 25.7 Å². The van der Waals surface area contributed by atoms with Crippen LogP contribution in [0.2, 0.25) is 0 Å². The minimum atomic E-state index is -0.701. The fraction of sp³-hybridized carbons (Fsp3) is 0.875. The number of hydrogen-bond donors (Lipinski definition) is 1.